The van der Waals surface area contributed by atoms with Crippen LogP contribution < -0.4 is 5.32 Å². The number of carbonyl (C=O) groups excluding carboxylic acids is 1. The summed E-state index contributed by atoms with van der Waals surface area (Å²) in [6.07, 6.45) is -2.48. The minimum atomic E-state index is -1.17. The number of carbonyl (C=O) groups is 2. The standard InChI is InChI=1S/C26H30FN3O5/c1-16(2)24-23(26(35)28-19-6-4-3-5-7-19)29-25(17-8-10-18(27)11-9-17)30(24)13-12-20(31)14-21(32)15-22(33)34/h3-11,16,20-21,31-32H,12-15H2,1-2H3,(H,28,35)(H,33,34). The number of aliphatic hydroxyl groups is 2. The zero-order valence-corrected chi connectivity index (χ0v) is 19.7. The molecule has 2 unspecified atom stereocenters. The Bertz CT molecular complexity index is 1150. The molecule has 0 saturated carbocycles. The van der Waals surface area contributed by atoms with Crippen LogP contribution in [0.25, 0.3) is 11.4 Å². The van der Waals surface area contributed by atoms with Gasteiger partial charge in [0.05, 0.1) is 24.3 Å². The molecule has 0 radical (unpaired) electrons. The number of aliphatic carboxylic acids is 1. The summed E-state index contributed by atoms with van der Waals surface area (Å²) in [5.41, 5.74) is 2.10. The highest BCUT2D eigenvalue weighted by atomic mass is 19.1. The van der Waals surface area contributed by atoms with Crippen LogP contribution in [-0.4, -0.2) is 49.0 Å². The molecule has 3 rings (SSSR count). The Balaban J connectivity index is 1.95. The molecular weight excluding hydrogens is 453 g/mol. The summed E-state index contributed by atoms with van der Waals surface area (Å²) in [7, 11) is 0. The minimum absolute atomic E-state index is 0.0920. The Labute approximate surface area is 203 Å². The maximum absolute atomic E-state index is 13.6. The van der Waals surface area contributed by atoms with Gasteiger partial charge in [-0.1, -0.05) is 32.0 Å². The van der Waals surface area contributed by atoms with E-state index in [0.29, 0.717) is 22.8 Å². The smallest absolute Gasteiger partial charge is 0.305 e. The number of aromatic nitrogens is 2. The molecule has 0 aliphatic rings. The molecule has 2 atom stereocenters. The fraction of sp³-hybridized carbons (Fsp3) is 0.346. The first-order valence-electron chi connectivity index (χ1n) is 11.5. The van der Waals surface area contributed by atoms with E-state index in [9.17, 15) is 24.2 Å². The molecule has 3 aromatic rings. The van der Waals surface area contributed by atoms with E-state index in [1.165, 1.54) is 12.1 Å². The topological polar surface area (TPSA) is 125 Å². The molecule has 0 bridgehead atoms. The molecule has 8 nitrogen and oxygen atoms in total. The largest absolute Gasteiger partial charge is 0.481 e. The van der Waals surface area contributed by atoms with Crippen LogP contribution in [0.1, 0.15) is 55.2 Å². The fourth-order valence-electron chi connectivity index (χ4n) is 3.97. The number of halogens is 1. The number of aliphatic hydroxyl groups excluding tert-OH is 2. The van der Waals surface area contributed by atoms with E-state index in [0.717, 1.165) is 0 Å². The summed E-state index contributed by atoms with van der Waals surface area (Å²) >= 11 is 0. The van der Waals surface area contributed by atoms with Gasteiger partial charge in [0.25, 0.3) is 5.91 Å². The summed E-state index contributed by atoms with van der Waals surface area (Å²) in [4.78, 5) is 28.6. The third-order valence-corrected chi connectivity index (χ3v) is 5.54. The number of amides is 1. The molecule has 1 heterocycles. The van der Waals surface area contributed by atoms with E-state index in [2.05, 4.69) is 10.3 Å². The molecule has 0 aliphatic carbocycles. The van der Waals surface area contributed by atoms with Gasteiger partial charge in [-0.25, -0.2) is 9.37 Å². The summed E-state index contributed by atoms with van der Waals surface area (Å²) in [6.45, 7) is 4.11. The third-order valence-electron chi connectivity index (χ3n) is 5.54. The maximum atomic E-state index is 13.6. The van der Waals surface area contributed by atoms with Crippen molar-refractivity contribution >= 4 is 17.6 Å². The van der Waals surface area contributed by atoms with Crippen molar-refractivity contribution < 1.29 is 29.3 Å². The van der Waals surface area contributed by atoms with Crippen LogP contribution in [-0.2, 0) is 11.3 Å². The normalized spacial score (nSPS) is 13.0. The molecule has 0 saturated heterocycles. The molecular formula is C26H30FN3O5. The molecule has 0 fully saturated rings. The van der Waals surface area contributed by atoms with Gasteiger partial charge in [-0.15, -0.1) is 0 Å². The highest BCUT2D eigenvalue weighted by Crippen LogP contribution is 2.29. The number of anilines is 1. The molecule has 1 aromatic heterocycles. The van der Waals surface area contributed by atoms with Crippen LogP contribution in [0.3, 0.4) is 0 Å². The predicted octanol–water partition coefficient (Wildman–Crippen LogP) is 4.04. The summed E-state index contributed by atoms with van der Waals surface area (Å²) in [5.74, 6) is -1.59. The van der Waals surface area contributed by atoms with Gasteiger partial charge in [-0.3, -0.25) is 9.59 Å². The minimum Gasteiger partial charge on any atom is -0.481 e. The van der Waals surface area contributed by atoms with Gasteiger partial charge in [-0.05, 0) is 55.2 Å². The van der Waals surface area contributed by atoms with E-state index in [1.807, 2.05) is 36.6 Å². The maximum Gasteiger partial charge on any atom is 0.305 e. The number of para-hydroxylation sites is 1. The highest BCUT2D eigenvalue weighted by Gasteiger charge is 2.26. The molecule has 9 heteroatoms. The lowest BCUT2D eigenvalue weighted by molar-refractivity contribution is -0.139. The SMILES string of the molecule is CC(C)c1c(C(=O)Nc2ccccc2)nc(-c2ccc(F)cc2)n1CCC(O)CC(O)CC(=O)O. The summed E-state index contributed by atoms with van der Waals surface area (Å²) in [6, 6.07) is 14.8. The summed E-state index contributed by atoms with van der Waals surface area (Å²) in [5, 5.41) is 32.0. The van der Waals surface area contributed by atoms with Gasteiger partial charge in [0.15, 0.2) is 5.69 Å². The lowest BCUT2D eigenvalue weighted by Gasteiger charge is -2.18. The number of benzene rings is 2. The molecule has 2 aromatic carbocycles. The van der Waals surface area contributed by atoms with Crippen LogP contribution in [0.5, 0.6) is 0 Å². The number of imidazole rings is 1. The van der Waals surface area contributed by atoms with Crippen molar-refractivity contribution in [1.82, 2.24) is 9.55 Å². The van der Waals surface area contributed by atoms with Crippen LogP contribution in [0.2, 0.25) is 0 Å². The van der Waals surface area contributed by atoms with Crippen molar-refractivity contribution in [2.45, 2.75) is 57.8 Å². The third kappa shape index (κ3) is 6.97. The van der Waals surface area contributed by atoms with Gasteiger partial charge < -0.3 is 25.2 Å². The monoisotopic (exact) mass is 483 g/mol. The Morgan fingerprint density at radius 1 is 1.03 bits per heavy atom. The van der Waals surface area contributed by atoms with E-state index in [-0.39, 0.29) is 36.9 Å². The van der Waals surface area contributed by atoms with E-state index < -0.39 is 30.4 Å². The number of nitrogens with zero attached hydrogens (tertiary/aromatic N) is 2. The van der Waals surface area contributed by atoms with Crippen LogP contribution in [0.15, 0.2) is 54.6 Å². The zero-order chi connectivity index (χ0) is 25.5. The second kappa shape index (κ2) is 11.7. The van der Waals surface area contributed by atoms with Gasteiger partial charge in [-0.2, -0.15) is 0 Å². The van der Waals surface area contributed by atoms with Crippen LogP contribution in [0, 0.1) is 5.82 Å². The Kier molecular flexibility index (Phi) is 8.73. The fourth-order valence-corrected chi connectivity index (χ4v) is 3.97. The first-order chi connectivity index (χ1) is 16.7. The van der Waals surface area contributed by atoms with Gasteiger partial charge >= 0.3 is 5.97 Å². The van der Waals surface area contributed by atoms with Gasteiger partial charge in [0.1, 0.15) is 11.6 Å². The molecule has 0 spiro atoms. The Morgan fingerprint density at radius 2 is 1.69 bits per heavy atom. The Hall–Kier alpha value is -3.56. The second-order valence-corrected chi connectivity index (χ2v) is 8.73. The lowest BCUT2D eigenvalue weighted by atomic mass is 10.0. The number of nitrogens with one attached hydrogen (secondary N) is 1. The highest BCUT2D eigenvalue weighted by molar-refractivity contribution is 6.04. The number of carboxylic acids is 1. The second-order valence-electron chi connectivity index (χ2n) is 8.73. The van der Waals surface area contributed by atoms with Crippen molar-refractivity contribution in [2.75, 3.05) is 5.32 Å². The summed E-state index contributed by atoms with van der Waals surface area (Å²) < 4.78 is 15.4. The first kappa shape index (κ1) is 26.1. The molecule has 0 aliphatic heterocycles. The van der Waals surface area contributed by atoms with Crippen molar-refractivity contribution in [3.8, 4) is 11.4 Å². The lowest BCUT2D eigenvalue weighted by Crippen LogP contribution is -2.22. The van der Waals surface area contributed by atoms with Crippen molar-refractivity contribution in [1.29, 1.82) is 0 Å². The molecule has 1 amide bonds. The predicted molar refractivity (Wildman–Crippen MR) is 130 cm³/mol. The number of rotatable bonds is 11. The molecule has 4 N–H and O–H groups in total. The first-order valence-corrected chi connectivity index (χ1v) is 11.5. The van der Waals surface area contributed by atoms with E-state index >= 15 is 0 Å². The zero-order valence-electron chi connectivity index (χ0n) is 19.7. The van der Waals surface area contributed by atoms with Crippen molar-refractivity contribution in [3.63, 3.8) is 0 Å². The number of carboxylic acid groups (broad SMARTS) is 1. The molecule has 35 heavy (non-hydrogen) atoms. The average molecular weight is 484 g/mol. The Morgan fingerprint density at radius 3 is 2.29 bits per heavy atom. The van der Waals surface area contributed by atoms with Gasteiger partial charge in [0, 0.05) is 17.8 Å². The molecule has 186 valence electrons. The van der Waals surface area contributed by atoms with Crippen LogP contribution in [0.4, 0.5) is 10.1 Å². The van der Waals surface area contributed by atoms with Crippen LogP contribution >= 0.6 is 0 Å². The van der Waals surface area contributed by atoms with E-state index in [4.69, 9.17) is 5.11 Å². The quantitative estimate of drug-likeness (QED) is 0.326. The van der Waals surface area contributed by atoms with Crippen molar-refractivity contribution in [2.24, 2.45) is 0 Å². The average Bonchev–Trinajstić information content (AvgIpc) is 3.18. The van der Waals surface area contributed by atoms with Gasteiger partial charge in [0.2, 0.25) is 0 Å². The van der Waals surface area contributed by atoms with E-state index in [1.54, 1.807) is 24.3 Å². The van der Waals surface area contributed by atoms with Crippen molar-refractivity contribution in [3.05, 3.63) is 71.8 Å². The number of hydrogen-bond donors (Lipinski definition) is 4. The number of hydrogen-bond acceptors (Lipinski definition) is 5.